The van der Waals surface area contributed by atoms with Gasteiger partial charge in [0.25, 0.3) is 0 Å². The summed E-state index contributed by atoms with van der Waals surface area (Å²) in [6.45, 7) is 4.16. The molecule has 15 rings (SSSR count). The van der Waals surface area contributed by atoms with E-state index in [-0.39, 0.29) is 41.9 Å². The molecule has 0 bridgehead atoms. The maximum atomic E-state index is 14.3. The van der Waals surface area contributed by atoms with E-state index in [1.54, 1.807) is 0 Å². The van der Waals surface area contributed by atoms with Gasteiger partial charge in [-0.1, -0.05) is 110 Å². The Morgan fingerprint density at radius 1 is 0.456 bits per heavy atom. The normalized spacial score (nSPS) is 22.7. The van der Waals surface area contributed by atoms with E-state index in [4.69, 9.17) is 14.3 Å². The lowest BCUT2D eigenvalue weighted by molar-refractivity contribution is -0.135. The number of aromatic nitrogens is 5. The molecule has 0 amide bonds. The van der Waals surface area contributed by atoms with Crippen molar-refractivity contribution in [3.05, 3.63) is 186 Å². The number of nitrogens with zero attached hydrogens (tertiary/aromatic N) is 9. The van der Waals surface area contributed by atoms with Crippen LogP contribution in [0.2, 0.25) is 0 Å². The van der Waals surface area contributed by atoms with Crippen LogP contribution in [0.5, 0.6) is 0 Å². The molecular weight excluding hydrogens is 1170 g/mol. The van der Waals surface area contributed by atoms with E-state index >= 15 is 0 Å². The van der Waals surface area contributed by atoms with Crippen LogP contribution in [0.25, 0.3) is 44.5 Å². The third-order valence-corrected chi connectivity index (χ3v) is 20.5. The SMILES string of the molecule is Cc1ccc(N(c2ccc(CCc3ccc(N(c4ccc(C)cc4)c4ccc(-c5ncc(N=C6C(=O)C7CC(F)C(F)CC7C6=O)c6nsnc56)cc4)cc3)cc2)c2ccc(-c3ccc(N=C4C(=O)C(=O)C5CC6CCCCC6CC45)c4nsnc34)cc2)cc1. The summed E-state index contributed by atoms with van der Waals surface area (Å²) in [5.41, 5.74) is 17.0. The standard InChI is InChI=1S/C73H61F2N9O4S2/c1-40-7-21-48(22-8-40)83(52-29-17-44(18-30-52)54-33-34-61(66-64(54)79-89-80-66)77-65-55-35-46-5-3-4-6-47(46)36-56(55)72(87)73(65)88)50-25-13-42(14-26-50)11-12-43-15-27-51(28-16-43)84(49-23-9-41(2)10-24-49)53-31-19-45(20-32-53)63-68-67(81-90-82-68)62(39-76-63)78-69-70(85)57-37-59(74)60(75)38-58(57)71(69)86/h7-10,13-34,39,46-47,55-60H,3-6,11-12,35-38H2,1-2H3. The Bertz CT molecular complexity index is 4480. The van der Waals surface area contributed by atoms with Gasteiger partial charge in [-0.05, 0) is 166 Å². The molecule has 5 saturated carbocycles. The minimum atomic E-state index is -1.79. The predicted octanol–water partition coefficient (Wildman–Crippen LogP) is 16.8. The van der Waals surface area contributed by atoms with Gasteiger partial charge in [-0.25, -0.2) is 18.8 Å². The summed E-state index contributed by atoms with van der Waals surface area (Å²) in [4.78, 5) is 72.0. The van der Waals surface area contributed by atoms with Crippen molar-refractivity contribution in [2.24, 2.45) is 45.5 Å². The van der Waals surface area contributed by atoms with Crippen molar-refractivity contribution in [3.63, 3.8) is 0 Å². The second kappa shape index (κ2) is 23.6. The summed E-state index contributed by atoms with van der Waals surface area (Å²) in [5.74, 6) is -2.91. The topological polar surface area (TPSA) is 164 Å². The molecule has 5 aliphatic rings. The zero-order valence-electron chi connectivity index (χ0n) is 49.5. The summed E-state index contributed by atoms with van der Waals surface area (Å²) in [7, 11) is 0. The summed E-state index contributed by atoms with van der Waals surface area (Å²) >= 11 is 2.09. The largest absolute Gasteiger partial charge is 0.311 e. The van der Waals surface area contributed by atoms with Crippen LogP contribution in [0.1, 0.15) is 73.6 Å². The molecule has 13 nitrogen and oxygen atoms in total. The van der Waals surface area contributed by atoms with Crippen LogP contribution in [0.3, 0.4) is 0 Å². The van der Waals surface area contributed by atoms with Gasteiger partial charge < -0.3 is 9.80 Å². The maximum absolute atomic E-state index is 14.3. The lowest BCUT2D eigenvalue weighted by Crippen LogP contribution is -2.35. The van der Waals surface area contributed by atoms with Crippen molar-refractivity contribution < 1.29 is 28.0 Å². The van der Waals surface area contributed by atoms with Crippen LogP contribution in [0.4, 0.5) is 54.3 Å². The average molecular weight is 1230 g/mol. The molecule has 0 N–H and O–H groups in total. The van der Waals surface area contributed by atoms with Crippen LogP contribution in [-0.2, 0) is 32.0 Å². The van der Waals surface area contributed by atoms with Crippen LogP contribution in [-0.4, -0.2) is 69.4 Å². The van der Waals surface area contributed by atoms with Gasteiger partial charge >= 0.3 is 0 Å². The lowest BCUT2D eigenvalue weighted by Gasteiger charge is -2.40. The Hall–Kier alpha value is -9.19. The highest BCUT2D eigenvalue weighted by Gasteiger charge is 2.54. The summed E-state index contributed by atoms with van der Waals surface area (Å²) in [6.07, 6.45) is 5.33. The number of carbonyl (C=O) groups is 4. The molecule has 8 atom stereocenters. The fourth-order valence-electron chi connectivity index (χ4n) is 14.6. The number of anilines is 6. The van der Waals surface area contributed by atoms with E-state index < -0.39 is 41.5 Å². The van der Waals surface area contributed by atoms with Crippen molar-refractivity contribution in [1.82, 2.24) is 22.5 Å². The number of carbonyl (C=O) groups excluding carboxylic acids is 4. The first-order valence-electron chi connectivity index (χ1n) is 31.0. The van der Waals surface area contributed by atoms with Crippen LogP contribution in [0, 0.1) is 49.4 Å². The molecule has 0 radical (unpaired) electrons. The van der Waals surface area contributed by atoms with Crippen molar-refractivity contribution >= 4 is 126 Å². The number of aliphatic imine (C=N–C) groups is 2. The summed E-state index contributed by atoms with van der Waals surface area (Å²) in [6, 6.07) is 54.9. The second-order valence-corrected chi connectivity index (χ2v) is 26.0. The number of Topliss-reactive ketones (excluding diaryl/α,β-unsaturated/α-hetero) is 4. The fraction of sp³-hybridized carbons (Fsp3) is 0.274. The molecule has 8 unspecified atom stereocenters. The Morgan fingerprint density at radius 3 is 1.41 bits per heavy atom. The van der Waals surface area contributed by atoms with Crippen LogP contribution in [0.15, 0.2) is 174 Å². The Labute approximate surface area is 527 Å². The zero-order chi connectivity index (χ0) is 61.3. The second-order valence-electron chi connectivity index (χ2n) is 24.9. The number of fused-ring (bicyclic) bond motifs is 5. The number of benzene rings is 7. The molecule has 0 saturated heterocycles. The summed E-state index contributed by atoms with van der Waals surface area (Å²) in [5, 5.41) is 0. The van der Waals surface area contributed by atoms with Crippen LogP contribution >= 0.6 is 23.5 Å². The molecule has 3 heterocycles. The molecule has 90 heavy (non-hydrogen) atoms. The number of hydrogen-bond donors (Lipinski definition) is 0. The zero-order valence-corrected chi connectivity index (χ0v) is 51.1. The van der Waals surface area contributed by atoms with Gasteiger partial charge in [0, 0.05) is 68.9 Å². The van der Waals surface area contributed by atoms with E-state index in [0.717, 1.165) is 117 Å². The third kappa shape index (κ3) is 10.5. The van der Waals surface area contributed by atoms with Crippen LogP contribution < -0.4 is 9.80 Å². The highest BCUT2D eigenvalue weighted by molar-refractivity contribution is 7.00. The predicted molar refractivity (Wildman–Crippen MR) is 352 cm³/mol. The number of halogens is 2. The smallest absolute Gasteiger partial charge is 0.243 e. The molecule has 448 valence electrons. The average Bonchev–Trinajstić information content (AvgIpc) is 2.16. The lowest BCUT2D eigenvalue weighted by atomic mass is 9.64. The van der Waals surface area contributed by atoms with E-state index in [0.29, 0.717) is 45.5 Å². The highest BCUT2D eigenvalue weighted by atomic mass is 32.1. The molecule has 10 aromatic rings. The van der Waals surface area contributed by atoms with Crippen molar-refractivity contribution in [2.45, 2.75) is 90.4 Å². The van der Waals surface area contributed by atoms with Crippen molar-refractivity contribution in [3.8, 4) is 22.4 Å². The third-order valence-electron chi connectivity index (χ3n) is 19.4. The number of pyridine rings is 1. The van der Waals surface area contributed by atoms with Gasteiger partial charge in [0.2, 0.25) is 11.6 Å². The number of aryl methyl sites for hydroxylation is 4. The molecule has 3 aromatic heterocycles. The number of rotatable bonds is 13. The van der Waals surface area contributed by atoms with Gasteiger partial charge in [0.15, 0.2) is 17.3 Å². The Morgan fingerprint density at radius 2 is 0.889 bits per heavy atom. The Kier molecular flexibility index (Phi) is 15.0. The number of ketones is 4. The molecular formula is C73H61F2N9O4S2. The van der Waals surface area contributed by atoms with Gasteiger partial charge in [-0.15, -0.1) is 0 Å². The van der Waals surface area contributed by atoms with Gasteiger partial charge in [0.05, 0.1) is 46.7 Å². The molecule has 0 spiro atoms. The van der Waals surface area contributed by atoms with E-state index in [9.17, 15) is 28.0 Å². The van der Waals surface area contributed by atoms with Crippen molar-refractivity contribution in [2.75, 3.05) is 9.80 Å². The first kappa shape index (κ1) is 57.3. The molecule has 17 heteroatoms. The quantitative estimate of drug-likeness (QED) is 0.101. The first-order valence-corrected chi connectivity index (χ1v) is 32.5. The molecule has 5 aliphatic carbocycles. The highest BCUT2D eigenvalue weighted by Crippen LogP contribution is 2.50. The van der Waals surface area contributed by atoms with Gasteiger partial charge in [0.1, 0.15) is 40.1 Å². The van der Waals surface area contributed by atoms with Gasteiger partial charge in [-0.3, -0.25) is 24.2 Å². The maximum Gasteiger partial charge on any atom is 0.243 e. The number of alkyl halides is 2. The minimum absolute atomic E-state index is 0.120. The van der Waals surface area contributed by atoms with Gasteiger partial charge in [-0.2, -0.15) is 17.5 Å². The molecule has 0 aliphatic heterocycles. The minimum Gasteiger partial charge on any atom is -0.311 e. The molecule has 5 fully saturated rings. The monoisotopic (exact) mass is 1230 g/mol. The van der Waals surface area contributed by atoms with E-state index in [1.165, 1.54) is 42.1 Å². The first-order chi connectivity index (χ1) is 43.9. The number of hydrogen-bond acceptors (Lipinski definition) is 15. The van der Waals surface area contributed by atoms with Crippen molar-refractivity contribution in [1.29, 1.82) is 0 Å². The van der Waals surface area contributed by atoms with E-state index in [1.807, 2.05) is 36.4 Å². The summed E-state index contributed by atoms with van der Waals surface area (Å²) < 4.78 is 47.0. The molecule has 7 aromatic carbocycles. The fourth-order valence-corrected chi connectivity index (χ4v) is 15.7. The Balaban J connectivity index is 0.640. The van der Waals surface area contributed by atoms with E-state index in [2.05, 4.69) is 163 Å².